The third-order valence-corrected chi connectivity index (χ3v) is 5.53. The lowest BCUT2D eigenvalue weighted by atomic mass is 9.87. The molecular formula is C29H32O4. The maximum absolute atomic E-state index is 12.6. The minimum absolute atomic E-state index is 0.0148. The highest BCUT2D eigenvalue weighted by Crippen LogP contribution is 2.27. The van der Waals surface area contributed by atoms with Gasteiger partial charge in [-0.05, 0) is 76.9 Å². The van der Waals surface area contributed by atoms with Crippen LogP contribution in [-0.4, -0.2) is 11.9 Å². The molecule has 0 N–H and O–H groups in total. The minimum atomic E-state index is -0.432. The van der Waals surface area contributed by atoms with Crippen LogP contribution in [0.5, 0.6) is 11.5 Å². The fourth-order valence-corrected chi connectivity index (χ4v) is 3.34. The second kappa shape index (κ2) is 9.22. The van der Waals surface area contributed by atoms with Gasteiger partial charge in [0.15, 0.2) is 0 Å². The van der Waals surface area contributed by atoms with Crippen molar-refractivity contribution in [1.82, 2.24) is 0 Å². The van der Waals surface area contributed by atoms with Crippen molar-refractivity contribution in [1.29, 1.82) is 0 Å². The van der Waals surface area contributed by atoms with Crippen molar-refractivity contribution < 1.29 is 19.1 Å². The largest absolute Gasteiger partial charge is 0.423 e. The van der Waals surface area contributed by atoms with Crippen LogP contribution in [0.4, 0.5) is 0 Å². The van der Waals surface area contributed by atoms with E-state index >= 15 is 0 Å². The molecule has 0 aromatic heterocycles. The van der Waals surface area contributed by atoms with Gasteiger partial charge < -0.3 is 9.47 Å². The second-order valence-corrected chi connectivity index (χ2v) is 10.4. The van der Waals surface area contributed by atoms with Gasteiger partial charge in [0.05, 0.1) is 11.1 Å². The van der Waals surface area contributed by atoms with Crippen molar-refractivity contribution in [3.8, 4) is 11.5 Å². The molecule has 0 saturated heterocycles. The number of carbonyl (C=O) groups excluding carboxylic acids is 2. The van der Waals surface area contributed by atoms with Gasteiger partial charge in [0.2, 0.25) is 0 Å². The third-order valence-electron chi connectivity index (χ3n) is 5.53. The highest BCUT2D eigenvalue weighted by atomic mass is 16.5. The zero-order valence-electron chi connectivity index (χ0n) is 20.5. The molecule has 0 aliphatic heterocycles. The molecule has 0 saturated carbocycles. The number of rotatable bonds is 4. The maximum Gasteiger partial charge on any atom is 0.343 e. The molecule has 0 unspecified atom stereocenters. The third kappa shape index (κ3) is 6.10. The molecule has 0 fully saturated rings. The summed E-state index contributed by atoms with van der Waals surface area (Å²) in [4.78, 5) is 25.1. The topological polar surface area (TPSA) is 52.6 Å². The minimum Gasteiger partial charge on any atom is -0.423 e. The van der Waals surface area contributed by atoms with E-state index in [4.69, 9.17) is 9.47 Å². The Labute approximate surface area is 196 Å². The SMILES string of the molecule is Cc1cc(OC(=O)c2ccc(C(C)(C)C)cc2)ccc1OC(=O)c1ccc(C(C)(C)C)cc1. The molecule has 0 bridgehead atoms. The van der Waals surface area contributed by atoms with Crippen LogP contribution in [0.1, 0.15) is 78.9 Å². The lowest BCUT2D eigenvalue weighted by molar-refractivity contribution is 0.0718. The first kappa shape index (κ1) is 24.2. The van der Waals surface area contributed by atoms with Gasteiger partial charge in [0, 0.05) is 0 Å². The maximum atomic E-state index is 12.6. The highest BCUT2D eigenvalue weighted by molar-refractivity contribution is 5.92. The van der Waals surface area contributed by atoms with E-state index in [2.05, 4.69) is 41.5 Å². The summed E-state index contributed by atoms with van der Waals surface area (Å²) < 4.78 is 11.1. The highest BCUT2D eigenvalue weighted by Gasteiger charge is 2.17. The van der Waals surface area contributed by atoms with Gasteiger partial charge in [-0.1, -0.05) is 65.8 Å². The summed E-state index contributed by atoms with van der Waals surface area (Å²) in [6, 6.07) is 19.8. The van der Waals surface area contributed by atoms with Crippen LogP contribution in [0.15, 0.2) is 66.7 Å². The number of aryl methyl sites for hydroxylation is 1. The number of hydrogen-bond donors (Lipinski definition) is 0. The molecule has 0 radical (unpaired) electrons. The van der Waals surface area contributed by atoms with Crippen molar-refractivity contribution >= 4 is 11.9 Å². The van der Waals surface area contributed by atoms with E-state index in [0.29, 0.717) is 28.2 Å². The predicted molar refractivity (Wildman–Crippen MR) is 131 cm³/mol. The first-order valence-corrected chi connectivity index (χ1v) is 11.1. The molecule has 0 atom stereocenters. The van der Waals surface area contributed by atoms with Crippen molar-refractivity contribution in [2.75, 3.05) is 0 Å². The summed E-state index contributed by atoms with van der Waals surface area (Å²) >= 11 is 0. The summed E-state index contributed by atoms with van der Waals surface area (Å²) in [6.07, 6.45) is 0. The Bertz CT molecular complexity index is 1140. The molecule has 4 heteroatoms. The number of ether oxygens (including phenoxy) is 2. The Balaban J connectivity index is 1.67. The van der Waals surface area contributed by atoms with Crippen molar-refractivity contribution in [2.24, 2.45) is 0 Å². The molecule has 0 spiro atoms. The van der Waals surface area contributed by atoms with Crippen LogP contribution in [0.3, 0.4) is 0 Å². The molecule has 3 rings (SSSR count). The summed E-state index contributed by atoms with van der Waals surface area (Å²) in [5.41, 5.74) is 3.99. The lowest BCUT2D eigenvalue weighted by Crippen LogP contribution is -2.13. The van der Waals surface area contributed by atoms with Gasteiger partial charge in [0.25, 0.3) is 0 Å². The summed E-state index contributed by atoms with van der Waals surface area (Å²) in [5.74, 6) is -0.0401. The van der Waals surface area contributed by atoms with Crippen LogP contribution in [-0.2, 0) is 10.8 Å². The summed E-state index contributed by atoms with van der Waals surface area (Å²) in [7, 11) is 0. The monoisotopic (exact) mass is 444 g/mol. The zero-order chi connectivity index (χ0) is 24.4. The summed E-state index contributed by atoms with van der Waals surface area (Å²) in [5, 5.41) is 0. The number of carbonyl (C=O) groups is 2. The van der Waals surface area contributed by atoms with Gasteiger partial charge in [-0.25, -0.2) is 9.59 Å². The van der Waals surface area contributed by atoms with E-state index in [1.807, 2.05) is 24.3 Å². The number of hydrogen-bond acceptors (Lipinski definition) is 4. The Hall–Kier alpha value is -3.40. The molecular weight excluding hydrogens is 412 g/mol. The van der Waals surface area contributed by atoms with Gasteiger partial charge in [0.1, 0.15) is 11.5 Å². The lowest BCUT2D eigenvalue weighted by Gasteiger charge is -2.19. The van der Waals surface area contributed by atoms with E-state index in [1.54, 1.807) is 49.4 Å². The van der Waals surface area contributed by atoms with Gasteiger partial charge in [-0.15, -0.1) is 0 Å². The molecule has 3 aromatic carbocycles. The molecule has 0 aliphatic carbocycles. The average Bonchev–Trinajstić information content (AvgIpc) is 2.74. The Morgan fingerprint density at radius 1 is 0.606 bits per heavy atom. The first-order valence-electron chi connectivity index (χ1n) is 11.1. The van der Waals surface area contributed by atoms with E-state index in [-0.39, 0.29) is 10.8 Å². The Kier molecular flexibility index (Phi) is 6.78. The average molecular weight is 445 g/mol. The Morgan fingerprint density at radius 3 is 1.42 bits per heavy atom. The normalized spacial score (nSPS) is 11.7. The Morgan fingerprint density at radius 2 is 1.03 bits per heavy atom. The van der Waals surface area contributed by atoms with Gasteiger partial charge >= 0.3 is 11.9 Å². The molecule has 0 heterocycles. The van der Waals surface area contributed by atoms with Crippen molar-refractivity contribution in [3.05, 3.63) is 94.5 Å². The van der Waals surface area contributed by atoms with E-state index < -0.39 is 11.9 Å². The number of benzene rings is 3. The van der Waals surface area contributed by atoms with Crippen LogP contribution >= 0.6 is 0 Å². The standard InChI is InChI=1S/C29H32O4/c1-19-18-24(32-26(30)20-8-12-22(13-9-20)28(2,3)4)16-17-25(19)33-27(31)21-10-14-23(15-11-21)29(5,6)7/h8-18H,1-7H3. The molecule has 33 heavy (non-hydrogen) atoms. The summed E-state index contributed by atoms with van der Waals surface area (Å²) in [6.45, 7) is 14.5. The fourth-order valence-electron chi connectivity index (χ4n) is 3.34. The van der Waals surface area contributed by atoms with Crippen LogP contribution in [0.25, 0.3) is 0 Å². The molecule has 172 valence electrons. The van der Waals surface area contributed by atoms with E-state index in [0.717, 1.165) is 11.1 Å². The smallest absolute Gasteiger partial charge is 0.343 e. The predicted octanol–water partition coefficient (Wildman–Crippen LogP) is 7.03. The van der Waals surface area contributed by atoms with Crippen LogP contribution in [0, 0.1) is 6.92 Å². The fraction of sp³-hybridized carbons (Fsp3) is 0.310. The van der Waals surface area contributed by atoms with Gasteiger partial charge in [-0.2, -0.15) is 0 Å². The second-order valence-electron chi connectivity index (χ2n) is 10.4. The van der Waals surface area contributed by atoms with E-state index in [1.165, 1.54) is 0 Å². The van der Waals surface area contributed by atoms with Crippen LogP contribution < -0.4 is 9.47 Å². The van der Waals surface area contributed by atoms with Crippen molar-refractivity contribution in [3.63, 3.8) is 0 Å². The molecule has 3 aromatic rings. The quantitative estimate of drug-likeness (QED) is 0.320. The van der Waals surface area contributed by atoms with E-state index in [9.17, 15) is 9.59 Å². The number of esters is 2. The zero-order valence-corrected chi connectivity index (χ0v) is 20.5. The van der Waals surface area contributed by atoms with Gasteiger partial charge in [-0.3, -0.25) is 0 Å². The van der Waals surface area contributed by atoms with Crippen molar-refractivity contribution in [2.45, 2.75) is 59.3 Å². The first-order chi connectivity index (χ1) is 15.3. The molecule has 4 nitrogen and oxygen atoms in total. The van der Waals surface area contributed by atoms with Crippen LogP contribution in [0.2, 0.25) is 0 Å². The molecule has 0 amide bonds. The molecule has 0 aliphatic rings.